The van der Waals surface area contributed by atoms with Crippen LogP contribution in [-0.2, 0) is 16.8 Å². The van der Waals surface area contributed by atoms with Gasteiger partial charge in [-0.15, -0.1) is 0 Å². The molecule has 2 aromatic carbocycles. The van der Waals surface area contributed by atoms with Crippen LogP contribution in [-0.4, -0.2) is 15.6 Å². The van der Waals surface area contributed by atoms with E-state index in [0.29, 0.717) is 12.6 Å². The molecule has 4 rings (SSSR count). The summed E-state index contributed by atoms with van der Waals surface area (Å²) in [6, 6.07) is 17.9. The number of hydrogen-bond donors (Lipinski definition) is 0. The summed E-state index contributed by atoms with van der Waals surface area (Å²) in [6.07, 6.45) is 4.93. The molecule has 0 aromatic heterocycles. The van der Waals surface area contributed by atoms with Crippen LogP contribution >= 0.6 is 0 Å². The first-order valence-electron chi connectivity index (χ1n) is 10.3. The number of fused-ring (bicyclic) bond motifs is 1. The van der Waals surface area contributed by atoms with E-state index in [9.17, 15) is 25.0 Å². The Morgan fingerprint density at radius 2 is 1.58 bits per heavy atom. The van der Waals surface area contributed by atoms with E-state index in [0.717, 1.165) is 28.6 Å². The summed E-state index contributed by atoms with van der Waals surface area (Å²) in [5.41, 5.74) is 2.26. The van der Waals surface area contributed by atoms with E-state index in [1.165, 1.54) is 6.08 Å². The Bertz CT molecular complexity index is 1290. The second-order valence-corrected chi connectivity index (χ2v) is 8.33. The van der Waals surface area contributed by atoms with Crippen molar-refractivity contribution in [1.29, 1.82) is 0 Å². The first-order chi connectivity index (χ1) is 15.7. The van der Waals surface area contributed by atoms with E-state index in [1.807, 2.05) is 54.6 Å². The van der Waals surface area contributed by atoms with E-state index in [1.54, 1.807) is 6.08 Å². The fraction of sp³-hybridized carbons (Fsp3) is 0.160. The highest BCUT2D eigenvalue weighted by atomic mass is 16.6. The van der Waals surface area contributed by atoms with E-state index in [4.69, 9.17) is 0 Å². The van der Waals surface area contributed by atoms with Crippen molar-refractivity contribution >= 4 is 11.5 Å². The van der Waals surface area contributed by atoms with Gasteiger partial charge in [-0.05, 0) is 29.3 Å². The minimum Gasteiger partial charge on any atom is -0.340 e. The summed E-state index contributed by atoms with van der Waals surface area (Å²) in [7, 11) is 0. The number of carbonyl (C=O) groups excluding carboxylic acids is 1. The number of nitrogens with zero attached hydrogens (tertiary/aromatic N) is 3. The minimum atomic E-state index is -0.892. The number of rotatable bonds is 5. The monoisotopic (exact) mass is 443 g/mol. The number of allylic oxidation sites excluding steroid dienone is 6. The topological polar surface area (TPSA) is 107 Å². The van der Waals surface area contributed by atoms with Gasteiger partial charge in [0, 0.05) is 35.0 Å². The van der Waals surface area contributed by atoms with Crippen molar-refractivity contribution in [3.8, 4) is 0 Å². The van der Waals surface area contributed by atoms with Crippen molar-refractivity contribution in [3.63, 3.8) is 0 Å². The zero-order valence-electron chi connectivity index (χ0n) is 18.1. The molecule has 8 heteroatoms. The molecule has 0 fully saturated rings. The fourth-order valence-corrected chi connectivity index (χ4v) is 4.23. The number of nitro groups is 2. The van der Waals surface area contributed by atoms with E-state index in [2.05, 4.69) is 18.7 Å². The molecule has 0 N–H and O–H groups in total. The first-order valence-corrected chi connectivity index (χ1v) is 10.3. The molecule has 1 heterocycles. The molecule has 0 bridgehead atoms. The van der Waals surface area contributed by atoms with Gasteiger partial charge in [-0.2, -0.15) is 0 Å². The van der Waals surface area contributed by atoms with Crippen LogP contribution in [0.25, 0.3) is 0 Å². The van der Waals surface area contributed by atoms with Gasteiger partial charge in [0.15, 0.2) is 0 Å². The third kappa shape index (κ3) is 3.98. The van der Waals surface area contributed by atoms with Crippen LogP contribution < -0.4 is 4.90 Å². The van der Waals surface area contributed by atoms with Crippen LogP contribution in [0.1, 0.15) is 25.0 Å². The van der Waals surface area contributed by atoms with Gasteiger partial charge >= 0.3 is 5.70 Å². The minimum absolute atomic E-state index is 0.102. The maximum Gasteiger partial charge on any atom is 0.323 e. The van der Waals surface area contributed by atoms with Crippen molar-refractivity contribution in [2.75, 3.05) is 4.90 Å². The van der Waals surface area contributed by atoms with Crippen molar-refractivity contribution in [2.24, 2.45) is 0 Å². The maximum absolute atomic E-state index is 12.6. The third-order valence-corrected chi connectivity index (χ3v) is 5.89. The molecule has 33 heavy (non-hydrogen) atoms. The van der Waals surface area contributed by atoms with Crippen molar-refractivity contribution in [3.05, 3.63) is 133 Å². The molecule has 0 saturated carbocycles. The Kier molecular flexibility index (Phi) is 5.51. The summed E-state index contributed by atoms with van der Waals surface area (Å²) in [4.78, 5) is 35.6. The fourth-order valence-electron chi connectivity index (χ4n) is 4.23. The van der Waals surface area contributed by atoms with Crippen LogP contribution in [0.4, 0.5) is 5.69 Å². The van der Waals surface area contributed by atoms with Gasteiger partial charge in [-0.25, -0.2) is 0 Å². The number of hydrogen-bond acceptors (Lipinski definition) is 6. The lowest BCUT2D eigenvalue weighted by Crippen LogP contribution is -2.26. The lowest BCUT2D eigenvalue weighted by molar-refractivity contribution is -0.431. The molecule has 1 aliphatic heterocycles. The van der Waals surface area contributed by atoms with Gasteiger partial charge in [-0.1, -0.05) is 62.4 Å². The zero-order valence-corrected chi connectivity index (χ0v) is 18.1. The molecule has 8 nitrogen and oxygen atoms in total. The standard InChI is InChI=1S/C25H21N3O5/c1-25(2)20-10-6-7-11-21(20)26(16-17-8-4-3-5-9-17)23(25)13-12-18-14-19(27(30)31)15-22(24(18)29)28(32)33/h3-15H,16H2,1-2H3/b18-12+,23-13+. The van der Waals surface area contributed by atoms with Crippen molar-refractivity contribution in [1.82, 2.24) is 0 Å². The van der Waals surface area contributed by atoms with Crippen LogP contribution in [0.5, 0.6) is 0 Å². The van der Waals surface area contributed by atoms with Crippen molar-refractivity contribution in [2.45, 2.75) is 25.8 Å². The summed E-state index contributed by atoms with van der Waals surface area (Å²) in [5.74, 6) is -0.856. The smallest absolute Gasteiger partial charge is 0.323 e. The molecule has 0 atom stereocenters. The molecule has 0 spiro atoms. The van der Waals surface area contributed by atoms with Crippen LogP contribution in [0, 0.1) is 20.2 Å². The molecule has 2 aromatic rings. The third-order valence-electron chi connectivity index (χ3n) is 5.89. The number of ketones is 1. The summed E-state index contributed by atoms with van der Waals surface area (Å²) in [6.45, 7) is 4.70. The normalized spacial score (nSPS) is 19.3. The average molecular weight is 443 g/mol. The molecular weight excluding hydrogens is 422 g/mol. The molecule has 0 radical (unpaired) electrons. The van der Waals surface area contributed by atoms with Crippen LogP contribution in [0.2, 0.25) is 0 Å². The Balaban J connectivity index is 1.81. The van der Waals surface area contributed by atoms with Gasteiger partial charge in [-0.3, -0.25) is 25.0 Å². The Labute approximate surface area is 190 Å². The van der Waals surface area contributed by atoms with Gasteiger partial charge in [0.1, 0.15) is 0 Å². The second kappa shape index (κ2) is 8.31. The van der Waals surface area contributed by atoms with E-state index >= 15 is 0 Å². The lowest BCUT2D eigenvalue weighted by atomic mass is 9.83. The second-order valence-electron chi connectivity index (χ2n) is 8.33. The van der Waals surface area contributed by atoms with E-state index < -0.39 is 32.4 Å². The SMILES string of the molecule is CC1(C)/C(=C\C=C2/C=C([N+](=O)[O-])C=C([N+](=O)[O-])C2=O)N(Cc2ccccc2)c2ccccc21. The maximum atomic E-state index is 12.6. The number of benzene rings is 2. The highest BCUT2D eigenvalue weighted by molar-refractivity contribution is 6.10. The molecule has 1 aliphatic carbocycles. The highest BCUT2D eigenvalue weighted by Crippen LogP contribution is 2.48. The van der Waals surface area contributed by atoms with Crippen LogP contribution in [0.3, 0.4) is 0 Å². The summed E-state index contributed by atoms with van der Waals surface area (Å²) < 4.78 is 0. The summed E-state index contributed by atoms with van der Waals surface area (Å²) in [5, 5.41) is 22.5. The molecule has 0 amide bonds. The Hall–Kier alpha value is -4.33. The lowest BCUT2D eigenvalue weighted by Gasteiger charge is -2.27. The number of Topliss-reactive ketones (excluding diaryl/α,β-unsaturated/α-hetero) is 1. The largest absolute Gasteiger partial charge is 0.340 e. The summed E-state index contributed by atoms with van der Waals surface area (Å²) >= 11 is 0. The predicted molar refractivity (Wildman–Crippen MR) is 123 cm³/mol. The molecule has 0 unspecified atom stereocenters. The first kappa shape index (κ1) is 21.9. The van der Waals surface area contributed by atoms with Gasteiger partial charge < -0.3 is 4.90 Å². The predicted octanol–water partition coefficient (Wildman–Crippen LogP) is 4.70. The number of anilines is 1. The van der Waals surface area contributed by atoms with Gasteiger partial charge in [0.05, 0.1) is 15.9 Å². The molecule has 166 valence electrons. The Morgan fingerprint density at radius 1 is 0.909 bits per heavy atom. The molecule has 0 saturated heterocycles. The van der Waals surface area contributed by atoms with Gasteiger partial charge in [0.25, 0.3) is 11.5 Å². The Morgan fingerprint density at radius 3 is 2.24 bits per heavy atom. The molecular formula is C25H21N3O5. The number of para-hydroxylation sites is 1. The molecule has 2 aliphatic rings. The van der Waals surface area contributed by atoms with Crippen LogP contribution in [0.15, 0.2) is 102 Å². The zero-order chi connectivity index (χ0) is 23.8. The number of carbonyl (C=O) groups is 1. The van der Waals surface area contributed by atoms with Gasteiger partial charge in [0.2, 0.25) is 0 Å². The van der Waals surface area contributed by atoms with Crippen molar-refractivity contribution < 1.29 is 14.6 Å². The highest BCUT2D eigenvalue weighted by Gasteiger charge is 2.40. The average Bonchev–Trinajstić information content (AvgIpc) is 3.00. The van der Waals surface area contributed by atoms with E-state index in [-0.39, 0.29) is 5.57 Å². The quantitative estimate of drug-likeness (QED) is 0.377.